The Morgan fingerprint density at radius 1 is 0.857 bits per heavy atom. The zero-order valence-corrected chi connectivity index (χ0v) is 16.5. The van der Waals surface area contributed by atoms with Crippen molar-refractivity contribution in [2.75, 3.05) is 17.2 Å². The number of hydrogen-bond acceptors (Lipinski definition) is 4. The predicted molar refractivity (Wildman–Crippen MR) is 109 cm³/mol. The number of anilines is 2. The van der Waals surface area contributed by atoms with Gasteiger partial charge in [0.05, 0.1) is 6.61 Å². The Balaban J connectivity index is 2.03. The summed E-state index contributed by atoms with van der Waals surface area (Å²) >= 11 is 0. The first-order valence-electron chi connectivity index (χ1n) is 8.96. The maximum atomic E-state index is 12.4. The molecule has 0 atom stereocenters. The lowest BCUT2D eigenvalue weighted by Gasteiger charge is -2.20. The maximum absolute atomic E-state index is 12.4. The van der Waals surface area contributed by atoms with Crippen LogP contribution in [-0.2, 0) is 4.74 Å². The lowest BCUT2D eigenvalue weighted by Crippen LogP contribution is -2.40. The molecule has 0 aliphatic rings. The lowest BCUT2D eigenvalue weighted by molar-refractivity contribution is 0.0919. The number of nitrogens with one attached hydrogen (secondary N) is 3. The Hall–Kier alpha value is -3.35. The van der Waals surface area contributed by atoms with Crippen molar-refractivity contribution in [2.45, 2.75) is 33.2 Å². The molecule has 0 spiro atoms. The summed E-state index contributed by atoms with van der Waals surface area (Å²) in [5, 5.41) is 8.20. The van der Waals surface area contributed by atoms with Gasteiger partial charge in [0, 0.05) is 28.0 Å². The third-order valence-electron chi connectivity index (χ3n) is 3.54. The second-order valence-electron chi connectivity index (χ2n) is 7.16. The van der Waals surface area contributed by atoms with Crippen LogP contribution in [0.2, 0.25) is 0 Å². The van der Waals surface area contributed by atoms with Crippen LogP contribution >= 0.6 is 0 Å². The number of carbonyl (C=O) groups excluding carboxylic acids is 3. The number of hydrogen-bond donors (Lipinski definition) is 3. The summed E-state index contributed by atoms with van der Waals surface area (Å²) in [5.74, 6) is -0.512. The monoisotopic (exact) mass is 383 g/mol. The molecule has 0 saturated carbocycles. The number of benzene rings is 2. The average molecular weight is 383 g/mol. The zero-order valence-electron chi connectivity index (χ0n) is 16.5. The molecule has 2 aromatic carbocycles. The first-order valence-corrected chi connectivity index (χ1v) is 8.96. The van der Waals surface area contributed by atoms with Crippen LogP contribution in [0.15, 0.2) is 48.5 Å². The molecule has 28 heavy (non-hydrogen) atoms. The van der Waals surface area contributed by atoms with Crippen molar-refractivity contribution in [1.82, 2.24) is 5.32 Å². The summed E-state index contributed by atoms with van der Waals surface area (Å²) in [6, 6.07) is 13.1. The van der Waals surface area contributed by atoms with Crippen molar-refractivity contribution in [2.24, 2.45) is 0 Å². The predicted octanol–water partition coefficient (Wildman–Crippen LogP) is 4.04. The van der Waals surface area contributed by atoms with Crippen molar-refractivity contribution in [1.29, 1.82) is 0 Å². The van der Waals surface area contributed by atoms with Crippen LogP contribution < -0.4 is 16.0 Å². The molecule has 0 aliphatic heterocycles. The van der Waals surface area contributed by atoms with Gasteiger partial charge in [0.1, 0.15) is 0 Å². The van der Waals surface area contributed by atoms with Crippen molar-refractivity contribution in [3.8, 4) is 0 Å². The van der Waals surface area contributed by atoms with Gasteiger partial charge >= 0.3 is 6.09 Å². The third-order valence-corrected chi connectivity index (χ3v) is 3.54. The van der Waals surface area contributed by atoms with Crippen LogP contribution in [-0.4, -0.2) is 30.1 Å². The van der Waals surface area contributed by atoms with Gasteiger partial charge in [-0.2, -0.15) is 0 Å². The number of amides is 3. The second-order valence-corrected chi connectivity index (χ2v) is 7.16. The van der Waals surface area contributed by atoms with E-state index in [4.69, 9.17) is 4.74 Å². The SMILES string of the molecule is CCOC(=O)Nc1cccc(C(=O)Nc2ccc(C(=O)NC(C)(C)C)cc2)c1. The molecule has 3 amide bonds. The minimum atomic E-state index is -0.579. The molecular formula is C21H25N3O4. The molecule has 0 radical (unpaired) electrons. The molecule has 148 valence electrons. The van der Waals surface area contributed by atoms with E-state index in [2.05, 4.69) is 16.0 Å². The summed E-state index contributed by atoms with van der Waals surface area (Å²) in [6.45, 7) is 7.69. The fraction of sp³-hybridized carbons (Fsp3) is 0.286. The van der Waals surface area contributed by atoms with E-state index in [0.29, 0.717) is 22.5 Å². The van der Waals surface area contributed by atoms with Crippen LogP contribution in [0.25, 0.3) is 0 Å². The number of carbonyl (C=O) groups is 3. The molecule has 0 aromatic heterocycles. The van der Waals surface area contributed by atoms with Crippen molar-refractivity contribution < 1.29 is 19.1 Å². The summed E-state index contributed by atoms with van der Waals surface area (Å²) in [5.41, 5.74) is 1.57. The molecule has 3 N–H and O–H groups in total. The smallest absolute Gasteiger partial charge is 0.411 e. The van der Waals surface area contributed by atoms with E-state index in [9.17, 15) is 14.4 Å². The highest BCUT2D eigenvalue weighted by atomic mass is 16.5. The Kier molecular flexibility index (Phi) is 6.76. The van der Waals surface area contributed by atoms with Crippen LogP contribution in [0.4, 0.5) is 16.2 Å². The topological polar surface area (TPSA) is 96.5 Å². The summed E-state index contributed by atoms with van der Waals surface area (Å²) in [4.78, 5) is 36.1. The van der Waals surface area contributed by atoms with Gasteiger partial charge in [0.25, 0.3) is 11.8 Å². The Bertz CT molecular complexity index is 855. The van der Waals surface area contributed by atoms with Gasteiger partial charge in [0.2, 0.25) is 0 Å². The normalized spacial score (nSPS) is 10.7. The first-order chi connectivity index (χ1) is 13.2. The molecule has 0 fully saturated rings. The number of ether oxygens (including phenoxy) is 1. The van der Waals surface area contributed by atoms with Gasteiger partial charge in [-0.15, -0.1) is 0 Å². The minimum Gasteiger partial charge on any atom is -0.450 e. The highest BCUT2D eigenvalue weighted by Crippen LogP contribution is 2.15. The van der Waals surface area contributed by atoms with E-state index in [0.717, 1.165) is 0 Å². The van der Waals surface area contributed by atoms with Crippen LogP contribution in [0, 0.1) is 0 Å². The van der Waals surface area contributed by atoms with Gasteiger partial charge in [-0.05, 0) is 70.2 Å². The van der Waals surface area contributed by atoms with E-state index in [-0.39, 0.29) is 24.0 Å². The zero-order chi connectivity index (χ0) is 20.7. The van der Waals surface area contributed by atoms with E-state index >= 15 is 0 Å². The molecule has 7 heteroatoms. The highest BCUT2D eigenvalue weighted by molar-refractivity contribution is 6.05. The average Bonchev–Trinajstić information content (AvgIpc) is 2.61. The molecule has 2 rings (SSSR count). The van der Waals surface area contributed by atoms with Crippen LogP contribution in [0.5, 0.6) is 0 Å². The van der Waals surface area contributed by atoms with Gasteiger partial charge in [-0.1, -0.05) is 6.07 Å². The van der Waals surface area contributed by atoms with E-state index < -0.39 is 6.09 Å². The largest absolute Gasteiger partial charge is 0.450 e. The number of rotatable bonds is 5. The lowest BCUT2D eigenvalue weighted by atomic mass is 10.1. The minimum absolute atomic E-state index is 0.178. The molecule has 0 saturated heterocycles. The highest BCUT2D eigenvalue weighted by Gasteiger charge is 2.15. The summed E-state index contributed by atoms with van der Waals surface area (Å²) in [7, 11) is 0. The fourth-order valence-corrected chi connectivity index (χ4v) is 2.34. The molecule has 0 heterocycles. The maximum Gasteiger partial charge on any atom is 0.411 e. The van der Waals surface area contributed by atoms with E-state index in [1.807, 2.05) is 20.8 Å². The van der Waals surface area contributed by atoms with Crippen LogP contribution in [0.1, 0.15) is 48.4 Å². The van der Waals surface area contributed by atoms with Gasteiger partial charge < -0.3 is 15.4 Å². The van der Waals surface area contributed by atoms with Gasteiger partial charge in [0.15, 0.2) is 0 Å². The quantitative estimate of drug-likeness (QED) is 0.726. The molecule has 0 bridgehead atoms. The van der Waals surface area contributed by atoms with Crippen molar-refractivity contribution in [3.63, 3.8) is 0 Å². The molecule has 2 aromatic rings. The molecule has 7 nitrogen and oxygen atoms in total. The third kappa shape index (κ3) is 6.42. The second kappa shape index (κ2) is 9.03. The Morgan fingerprint density at radius 2 is 1.54 bits per heavy atom. The Morgan fingerprint density at radius 3 is 2.14 bits per heavy atom. The van der Waals surface area contributed by atoms with Crippen LogP contribution in [0.3, 0.4) is 0 Å². The van der Waals surface area contributed by atoms with Crippen molar-refractivity contribution >= 4 is 29.3 Å². The molecule has 0 aliphatic carbocycles. The van der Waals surface area contributed by atoms with Gasteiger partial charge in [-0.3, -0.25) is 14.9 Å². The van der Waals surface area contributed by atoms with Gasteiger partial charge in [-0.25, -0.2) is 4.79 Å². The molecular weight excluding hydrogens is 358 g/mol. The van der Waals surface area contributed by atoms with E-state index in [1.165, 1.54) is 0 Å². The first kappa shape index (κ1) is 21.0. The van der Waals surface area contributed by atoms with Crippen molar-refractivity contribution in [3.05, 3.63) is 59.7 Å². The van der Waals surface area contributed by atoms with E-state index in [1.54, 1.807) is 55.5 Å². The fourth-order valence-electron chi connectivity index (χ4n) is 2.34. The molecule has 0 unspecified atom stereocenters. The Labute approximate surface area is 164 Å². The standard InChI is InChI=1S/C21H25N3O4/c1-5-28-20(27)23-17-8-6-7-15(13-17)18(25)22-16-11-9-14(10-12-16)19(26)24-21(2,3)4/h6-13H,5H2,1-4H3,(H,22,25)(H,23,27)(H,24,26). The summed E-state index contributed by atoms with van der Waals surface area (Å²) < 4.78 is 4.82. The summed E-state index contributed by atoms with van der Waals surface area (Å²) in [6.07, 6.45) is -0.579.